The van der Waals surface area contributed by atoms with Crippen LogP contribution in [0.5, 0.6) is 0 Å². The fourth-order valence-electron chi connectivity index (χ4n) is 8.70. The van der Waals surface area contributed by atoms with Crippen molar-refractivity contribution < 1.29 is 0 Å². The van der Waals surface area contributed by atoms with Gasteiger partial charge < -0.3 is 9.13 Å². The van der Waals surface area contributed by atoms with Crippen molar-refractivity contribution in [3.8, 4) is 54.0 Å². The standard InChI is InChI=1S/C53H33N3S2/c1-3-13-34(14-4-1)38-29-39(35-15-5-2-6-16-35)31-40(30-38)55-46-20-10-7-17-41(46)43-32-36(23-25-48(43)55)37-24-26-49-44(33-37)42-18-8-11-21-47(42)56(49)52-28-27-51(57-52)53-54-45-19-9-12-22-50(45)58-53/h1-33H. The van der Waals surface area contributed by atoms with Crippen molar-refractivity contribution in [2.24, 2.45) is 0 Å². The number of hydrogen-bond acceptors (Lipinski definition) is 3. The highest BCUT2D eigenvalue weighted by Crippen LogP contribution is 2.42. The molecule has 0 amide bonds. The first-order valence-electron chi connectivity index (χ1n) is 19.5. The van der Waals surface area contributed by atoms with Gasteiger partial charge in [-0.2, -0.15) is 0 Å². The van der Waals surface area contributed by atoms with Crippen molar-refractivity contribution in [3.63, 3.8) is 0 Å². The summed E-state index contributed by atoms with van der Waals surface area (Å²) in [4.78, 5) is 6.15. The largest absolute Gasteiger partial charge is 0.309 e. The zero-order valence-electron chi connectivity index (χ0n) is 31.2. The molecule has 0 bridgehead atoms. The number of thiazole rings is 1. The predicted molar refractivity (Wildman–Crippen MR) is 248 cm³/mol. The van der Waals surface area contributed by atoms with E-state index in [2.05, 4.69) is 209 Å². The Labute approximate surface area is 343 Å². The Morgan fingerprint density at radius 2 is 0.879 bits per heavy atom. The van der Waals surface area contributed by atoms with Gasteiger partial charge in [-0.3, -0.25) is 0 Å². The van der Waals surface area contributed by atoms with Crippen molar-refractivity contribution >= 4 is 76.5 Å². The molecular formula is C53H33N3S2. The van der Waals surface area contributed by atoms with Gasteiger partial charge in [-0.25, -0.2) is 4.98 Å². The maximum absolute atomic E-state index is 4.96. The van der Waals surface area contributed by atoms with Crippen LogP contribution in [-0.2, 0) is 0 Å². The van der Waals surface area contributed by atoms with E-state index in [0.717, 1.165) is 16.2 Å². The fourth-order valence-corrected chi connectivity index (χ4v) is 10.7. The molecule has 0 saturated carbocycles. The molecule has 0 radical (unpaired) electrons. The quantitative estimate of drug-likeness (QED) is 0.165. The molecule has 0 saturated heterocycles. The smallest absolute Gasteiger partial charge is 0.134 e. The maximum Gasteiger partial charge on any atom is 0.134 e. The minimum atomic E-state index is 1.05. The molecule has 3 nitrogen and oxygen atoms in total. The lowest BCUT2D eigenvalue weighted by Gasteiger charge is -2.14. The molecule has 4 aromatic heterocycles. The first kappa shape index (κ1) is 33.1. The molecule has 4 heterocycles. The first-order valence-corrected chi connectivity index (χ1v) is 21.2. The Hall–Kier alpha value is -7.05. The van der Waals surface area contributed by atoms with E-state index in [1.54, 1.807) is 22.7 Å². The lowest BCUT2D eigenvalue weighted by atomic mass is 9.98. The number of benzene rings is 8. The Kier molecular flexibility index (Phi) is 7.58. The third-order valence-electron chi connectivity index (χ3n) is 11.4. The average Bonchev–Trinajstić information content (AvgIpc) is 4.09. The second-order valence-electron chi connectivity index (χ2n) is 14.8. The van der Waals surface area contributed by atoms with E-state index in [0.29, 0.717) is 0 Å². The molecule has 0 aliphatic carbocycles. The number of nitrogens with zero attached hydrogens (tertiary/aromatic N) is 3. The molecule has 12 aromatic rings. The Morgan fingerprint density at radius 1 is 0.345 bits per heavy atom. The predicted octanol–water partition coefficient (Wildman–Crippen LogP) is 15.2. The van der Waals surface area contributed by atoms with Crippen LogP contribution in [0.25, 0.3) is 108 Å². The highest BCUT2D eigenvalue weighted by Gasteiger charge is 2.19. The third-order valence-corrected chi connectivity index (χ3v) is 13.7. The molecule has 0 aliphatic rings. The summed E-state index contributed by atoms with van der Waals surface area (Å²) in [5.74, 6) is 0. The van der Waals surface area contributed by atoms with E-state index in [4.69, 9.17) is 4.98 Å². The highest BCUT2D eigenvalue weighted by molar-refractivity contribution is 7.26. The van der Waals surface area contributed by atoms with Crippen LogP contribution in [-0.4, -0.2) is 14.1 Å². The molecule has 272 valence electrons. The second-order valence-corrected chi connectivity index (χ2v) is 16.9. The van der Waals surface area contributed by atoms with Crippen molar-refractivity contribution in [2.75, 3.05) is 0 Å². The van der Waals surface area contributed by atoms with Gasteiger partial charge in [0.1, 0.15) is 10.0 Å². The molecule has 0 N–H and O–H groups in total. The van der Waals surface area contributed by atoms with Gasteiger partial charge in [-0.1, -0.05) is 121 Å². The number of fused-ring (bicyclic) bond motifs is 7. The fraction of sp³-hybridized carbons (Fsp3) is 0. The number of aromatic nitrogens is 3. The van der Waals surface area contributed by atoms with Crippen molar-refractivity contribution in [3.05, 3.63) is 200 Å². The number of hydrogen-bond donors (Lipinski definition) is 0. The van der Waals surface area contributed by atoms with Crippen molar-refractivity contribution in [2.45, 2.75) is 0 Å². The van der Waals surface area contributed by atoms with E-state index < -0.39 is 0 Å². The lowest BCUT2D eigenvalue weighted by molar-refractivity contribution is 1.18. The average molecular weight is 776 g/mol. The summed E-state index contributed by atoms with van der Waals surface area (Å²) < 4.78 is 6.07. The zero-order valence-corrected chi connectivity index (χ0v) is 32.8. The van der Waals surface area contributed by atoms with Crippen LogP contribution in [0.2, 0.25) is 0 Å². The molecule has 0 fully saturated rings. The van der Waals surface area contributed by atoms with Crippen LogP contribution < -0.4 is 0 Å². The summed E-state index contributed by atoms with van der Waals surface area (Å²) in [5.41, 5.74) is 14.2. The molecule has 12 rings (SSSR count). The lowest BCUT2D eigenvalue weighted by Crippen LogP contribution is -1.96. The van der Waals surface area contributed by atoms with Gasteiger partial charge in [0, 0.05) is 27.2 Å². The van der Waals surface area contributed by atoms with Gasteiger partial charge in [-0.15, -0.1) is 22.7 Å². The van der Waals surface area contributed by atoms with Gasteiger partial charge in [0.05, 0.1) is 37.2 Å². The summed E-state index contributed by atoms with van der Waals surface area (Å²) in [6.45, 7) is 0. The normalized spacial score (nSPS) is 11.8. The van der Waals surface area contributed by atoms with E-state index in [1.165, 1.54) is 91.6 Å². The molecule has 5 heteroatoms. The topological polar surface area (TPSA) is 22.8 Å². The van der Waals surface area contributed by atoms with Gasteiger partial charge in [-0.05, 0) is 112 Å². The SMILES string of the molecule is c1ccc(-c2cc(-c3ccccc3)cc(-n3c4ccccc4c4cc(-c5ccc6c(c5)c5ccccc5n6-c5ccc(-c6nc7ccccc7s6)s5)ccc43)c2)cc1. The molecule has 0 aliphatic heterocycles. The monoisotopic (exact) mass is 775 g/mol. The summed E-state index contributed by atoms with van der Waals surface area (Å²) in [6.07, 6.45) is 0. The van der Waals surface area contributed by atoms with Gasteiger partial charge in [0.15, 0.2) is 0 Å². The maximum atomic E-state index is 4.96. The number of thiophene rings is 1. The molecule has 0 atom stereocenters. The number of para-hydroxylation sites is 3. The Balaban J connectivity index is 0.996. The van der Waals surface area contributed by atoms with E-state index in [9.17, 15) is 0 Å². The molecular weight excluding hydrogens is 743 g/mol. The molecule has 0 unspecified atom stereocenters. The van der Waals surface area contributed by atoms with Crippen molar-refractivity contribution in [1.29, 1.82) is 0 Å². The zero-order chi connectivity index (χ0) is 38.2. The summed E-state index contributed by atoms with van der Waals surface area (Å²) >= 11 is 3.56. The van der Waals surface area contributed by atoms with Crippen LogP contribution >= 0.6 is 22.7 Å². The minimum absolute atomic E-state index is 1.05. The summed E-state index contributed by atoms with van der Waals surface area (Å²) in [6, 6.07) is 72.8. The molecule has 58 heavy (non-hydrogen) atoms. The van der Waals surface area contributed by atoms with Gasteiger partial charge in [0.25, 0.3) is 0 Å². The Morgan fingerprint density at radius 3 is 1.52 bits per heavy atom. The van der Waals surface area contributed by atoms with E-state index >= 15 is 0 Å². The minimum Gasteiger partial charge on any atom is -0.309 e. The van der Waals surface area contributed by atoms with Crippen LogP contribution in [0.1, 0.15) is 0 Å². The van der Waals surface area contributed by atoms with Crippen LogP contribution in [0.3, 0.4) is 0 Å². The number of rotatable bonds is 6. The van der Waals surface area contributed by atoms with Gasteiger partial charge in [0.2, 0.25) is 0 Å². The van der Waals surface area contributed by atoms with E-state index in [-0.39, 0.29) is 0 Å². The summed E-state index contributed by atoms with van der Waals surface area (Å²) in [5, 5.41) is 7.23. The highest BCUT2D eigenvalue weighted by atomic mass is 32.1. The molecule has 8 aromatic carbocycles. The Bertz CT molecular complexity index is 3420. The second kappa shape index (κ2) is 13.3. The van der Waals surface area contributed by atoms with E-state index in [1.807, 2.05) is 0 Å². The third kappa shape index (κ3) is 5.36. The van der Waals surface area contributed by atoms with Crippen molar-refractivity contribution in [1.82, 2.24) is 14.1 Å². The van der Waals surface area contributed by atoms with Gasteiger partial charge >= 0.3 is 0 Å². The van der Waals surface area contributed by atoms with Crippen LogP contribution in [0.4, 0.5) is 0 Å². The molecule has 0 spiro atoms. The first-order chi connectivity index (χ1) is 28.7. The van der Waals surface area contributed by atoms with Crippen LogP contribution in [0, 0.1) is 0 Å². The summed E-state index contributed by atoms with van der Waals surface area (Å²) in [7, 11) is 0. The van der Waals surface area contributed by atoms with Crippen LogP contribution in [0.15, 0.2) is 200 Å².